The lowest BCUT2D eigenvalue weighted by Gasteiger charge is -2.55. The molecule has 45 heavy (non-hydrogen) atoms. The van der Waals surface area contributed by atoms with E-state index in [1.807, 2.05) is 18.2 Å². The molecular formula is C35H38FN5O4. The van der Waals surface area contributed by atoms with E-state index in [9.17, 15) is 23.9 Å². The number of aromatic hydroxyl groups is 1. The van der Waals surface area contributed by atoms with Crippen molar-refractivity contribution in [2.75, 3.05) is 19.6 Å². The Bertz CT molecular complexity index is 1530. The fourth-order valence-electron chi connectivity index (χ4n) is 5.86. The van der Waals surface area contributed by atoms with Crippen molar-refractivity contribution in [1.29, 1.82) is 0 Å². The molecule has 10 heteroatoms. The molecule has 2 fully saturated rings. The molecule has 0 spiro atoms. The molecule has 9 nitrogen and oxygen atoms in total. The summed E-state index contributed by atoms with van der Waals surface area (Å²) in [5.41, 5.74) is 3.06. The monoisotopic (exact) mass is 611 g/mol. The van der Waals surface area contributed by atoms with Crippen LogP contribution in [0.3, 0.4) is 0 Å². The first-order valence-electron chi connectivity index (χ1n) is 15.1. The molecule has 3 aromatic carbocycles. The standard InChI is InChI=1S/C35H38FN5O4/c1-3-25(2)39-24-33(43)40-31(21-27-14-18-30(42)19-15-27)34(44)38(20-8-7-11-26-9-5-4-6-10-26)23-32(40)41(39)35(45)37-22-28-12-16-29(36)17-13-28/h3-6,9-10,12-19,31-32,42H,1-2,7-8,11,20-24H2,(H,37,45)/t31-,32-/m0/s1. The summed E-state index contributed by atoms with van der Waals surface area (Å²) in [6, 6.07) is 21.2. The van der Waals surface area contributed by atoms with Crippen LogP contribution in [-0.2, 0) is 29.0 Å². The molecule has 0 aliphatic carbocycles. The van der Waals surface area contributed by atoms with Crippen LogP contribution in [0.15, 0.2) is 104 Å². The summed E-state index contributed by atoms with van der Waals surface area (Å²) in [5, 5.41) is 15.6. The number of urea groups is 1. The molecule has 2 aliphatic rings. The van der Waals surface area contributed by atoms with Gasteiger partial charge in [-0.25, -0.2) is 14.2 Å². The zero-order valence-electron chi connectivity index (χ0n) is 25.1. The average molecular weight is 612 g/mol. The van der Waals surface area contributed by atoms with Gasteiger partial charge in [0.25, 0.3) is 0 Å². The van der Waals surface area contributed by atoms with Gasteiger partial charge in [0.05, 0.1) is 12.2 Å². The van der Waals surface area contributed by atoms with Crippen LogP contribution in [0.4, 0.5) is 9.18 Å². The van der Waals surface area contributed by atoms with E-state index in [4.69, 9.17) is 0 Å². The van der Waals surface area contributed by atoms with E-state index in [2.05, 4.69) is 30.6 Å². The zero-order valence-corrected chi connectivity index (χ0v) is 25.1. The molecule has 234 valence electrons. The number of amides is 4. The van der Waals surface area contributed by atoms with Crippen molar-refractivity contribution in [2.45, 2.75) is 44.4 Å². The third kappa shape index (κ3) is 7.34. The highest BCUT2D eigenvalue weighted by Crippen LogP contribution is 2.30. The predicted octanol–water partition coefficient (Wildman–Crippen LogP) is 4.60. The van der Waals surface area contributed by atoms with E-state index in [1.54, 1.807) is 41.3 Å². The number of phenols is 1. The molecule has 0 aromatic heterocycles. The maximum atomic E-state index is 14.0. The summed E-state index contributed by atoms with van der Waals surface area (Å²) in [7, 11) is 0. The van der Waals surface area contributed by atoms with E-state index in [-0.39, 0.29) is 49.4 Å². The molecule has 0 unspecified atom stereocenters. The van der Waals surface area contributed by atoms with Crippen LogP contribution >= 0.6 is 0 Å². The quantitative estimate of drug-likeness (QED) is 0.244. The maximum Gasteiger partial charge on any atom is 0.338 e. The Morgan fingerprint density at radius 3 is 2.33 bits per heavy atom. The minimum atomic E-state index is -0.860. The second-order valence-corrected chi connectivity index (χ2v) is 11.3. The van der Waals surface area contributed by atoms with Crippen molar-refractivity contribution in [3.8, 4) is 5.75 Å². The van der Waals surface area contributed by atoms with Gasteiger partial charge in [0, 0.05) is 19.5 Å². The van der Waals surface area contributed by atoms with Crippen LogP contribution in [-0.4, -0.2) is 74.6 Å². The van der Waals surface area contributed by atoms with E-state index in [0.717, 1.165) is 24.8 Å². The second-order valence-electron chi connectivity index (χ2n) is 11.3. The van der Waals surface area contributed by atoms with Crippen LogP contribution < -0.4 is 5.32 Å². The molecule has 0 radical (unpaired) electrons. The van der Waals surface area contributed by atoms with Crippen molar-refractivity contribution < 1.29 is 23.9 Å². The van der Waals surface area contributed by atoms with Gasteiger partial charge < -0.3 is 20.2 Å². The summed E-state index contributed by atoms with van der Waals surface area (Å²) < 4.78 is 13.5. The van der Waals surface area contributed by atoms with Gasteiger partial charge in [-0.1, -0.05) is 67.8 Å². The number of carbonyl (C=O) groups is 3. The number of halogens is 1. The van der Waals surface area contributed by atoms with E-state index < -0.39 is 18.2 Å². The van der Waals surface area contributed by atoms with Crippen molar-refractivity contribution in [3.05, 3.63) is 126 Å². The number of phenolic OH excluding ortho intramolecular Hbond substituents is 1. The second kappa shape index (κ2) is 14.1. The first-order chi connectivity index (χ1) is 21.7. The number of unbranched alkanes of at least 4 members (excludes halogenated alkanes) is 1. The van der Waals surface area contributed by atoms with Crippen molar-refractivity contribution >= 4 is 17.8 Å². The topological polar surface area (TPSA) is 96.4 Å². The molecule has 0 bridgehead atoms. The van der Waals surface area contributed by atoms with Crippen LogP contribution in [0.25, 0.3) is 0 Å². The van der Waals surface area contributed by atoms with Crippen molar-refractivity contribution in [2.24, 2.45) is 0 Å². The summed E-state index contributed by atoms with van der Waals surface area (Å²) in [6.45, 7) is 8.31. The maximum absolute atomic E-state index is 14.0. The molecule has 5 rings (SSSR count). The number of carbonyl (C=O) groups excluding carboxylic acids is 3. The van der Waals surface area contributed by atoms with Crippen LogP contribution in [0.5, 0.6) is 5.75 Å². The third-order valence-electron chi connectivity index (χ3n) is 8.24. The molecule has 0 saturated carbocycles. The number of benzene rings is 3. The lowest BCUT2D eigenvalue weighted by molar-refractivity contribution is -0.185. The summed E-state index contributed by atoms with van der Waals surface area (Å²) in [6.07, 6.45) is 3.36. The largest absolute Gasteiger partial charge is 0.508 e. The van der Waals surface area contributed by atoms with Crippen LogP contribution in [0.2, 0.25) is 0 Å². The Hall–Kier alpha value is -5.12. The van der Waals surface area contributed by atoms with Crippen molar-refractivity contribution in [3.63, 3.8) is 0 Å². The number of nitrogens with zero attached hydrogens (tertiary/aromatic N) is 4. The first kappa shape index (κ1) is 31.3. The van der Waals surface area contributed by atoms with Crippen molar-refractivity contribution in [1.82, 2.24) is 25.1 Å². The summed E-state index contributed by atoms with van der Waals surface area (Å²) in [4.78, 5) is 44.9. The number of hydrogen-bond donors (Lipinski definition) is 2. The molecule has 2 N–H and O–H groups in total. The van der Waals surface area contributed by atoms with Gasteiger partial charge in [-0.2, -0.15) is 0 Å². The number of piperazine rings is 1. The fraction of sp³-hybridized carbons (Fsp3) is 0.286. The number of nitrogens with one attached hydrogen (secondary N) is 1. The highest BCUT2D eigenvalue weighted by molar-refractivity contribution is 5.92. The first-order valence-corrected chi connectivity index (χ1v) is 15.1. The van der Waals surface area contributed by atoms with Gasteiger partial charge >= 0.3 is 6.03 Å². The molecule has 4 amide bonds. The third-order valence-corrected chi connectivity index (χ3v) is 8.24. The number of hydrogen-bond acceptors (Lipinski definition) is 5. The molecule has 2 aliphatic heterocycles. The van der Waals surface area contributed by atoms with Gasteiger partial charge in [0.15, 0.2) is 0 Å². The van der Waals surface area contributed by atoms with Crippen LogP contribution in [0, 0.1) is 5.82 Å². The highest BCUT2D eigenvalue weighted by atomic mass is 19.1. The molecule has 2 heterocycles. The van der Waals surface area contributed by atoms with Gasteiger partial charge in [0.2, 0.25) is 11.8 Å². The van der Waals surface area contributed by atoms with Crippen LogP contribution in [0.1, 0.15) is 29.5 Å². The summed E-state index contributed by atoms with van der Waals surface area (Å²) in [5.74, 6) is -0.774. The molecule has 2 saturated heterocycles. The fourth-order valence-corrected chi connectivity index (χ4v) is 5.86. The van der Waals surface area contributed by atoms with Gasteiger partial charge in [0.1, 0.15) is 30.3 Å². The van der Waals surface area contributed by atoms with E-state index in [1.165, 1.54) is 38.7 Å². The number of hydrazine groups is 1. The Balaban J connectivity index is 1.42. The van der Waals surface area contributed by atoms with E-state index in [0.29, 0.717) is 17.8 Å². The zero-order chi connectivity index (χ0) is 31.9. The number of rotatable bonds is 11. The van der Waals surface area contributed by atoms with Gasteiger partial charge in [-0.15, -0.1) is 0 Å². The lowest BCUT2D eigenvalue weighted by Crippen LogP contribution is -2.76. The smallest absolute Gasteiger partial charge is 0.338 e. The minimum Gasteiger partial charge on any atom is -0.508 e. The Morgan fingerprint density at radius 1 is 0.956 bits per heavy atom. The Morgan fingerprint density at radius 2 is 1.64 bits per heavy atom. The van der Waals surface area contributed by atoms with Gasteiger partial charge in [-0.3, -0.25) is 14.6 Å². The summed E-state index contributed by atoms with van der Waals surface area (Å²) >= 11 is 0. The molecule has 2 atom stereocenters. The molecular weight excluding hydrogens is 573 g/mol. The average Bonchev–Trinajstić information content (AvgIpc) is 3.05. The molecule has 3 aromatic rings. The Kier molecular flexibility index (Phi) is 9.82. The van der Waals surface area contributed by atoms with Gasteiger partial charge in [-0.05, 0) is 66.3 Å². The van der Waals surface area contributed by atoms with E-state index >= 15 is 0 Å². The SMILES string of the molecule is C=CC(=C)N1CC(=O)N2[C@@H](Cc3ccc(O)cc3)C(=O)N(CCCCc3ccccc3)C[C@@H]2N1C(=O)NCc1ccc(F)cc1. The Labute approximate surface area is 262 Å². The highest BCUT2D eigenvalue weighted by Gasteiger charge is 2.51. The number of allylic oxidation sites excluding steroid dienone is 1. The lowest BCUT2D eigenvalue weighted by atomic mass is 9.98. The number of aryl methyl sites for hydroxylation is 1. The predicted molar refractivity (Wildman–Crippen MR) is 169 cm³/mol. The minimum absolute atomic E-state index is 0.100. The normalized spacial score (nSPS) is 18.1. The number of fused-ring (bicyclic) bond motifs is 1.